The van der Waals surface area contributed by atoms with Crippen molar-refractivity contribution in [2.45, 2.75) is 6.92 Å². The fourth-order valence-electron chi connectivity index (χ4n) is 1.81. The lowest BCUT2D eigenvalue weighted by Gasteiger charge is -2.08. The highest BCUT2D eigenvalue weighted by Crippen LogP contribution is 2.16. The molecular formula is C16H13F2NO3. The van der Waals surface area contributed by atoms with Gasteiger partial charge in [-0.05, 0) is 43.3 Å². The van der Waals surface area contributed by atoms with Crippen LogP contribution in [0.1, 0.15) is 27.6 Å². The van der Waals surface area contributed by atoms with Crippen LogP contribution in [-0.2, 0) is 4.74 Å². The number of carbonyl (C=O) groups is 2. The van der Waals surface area contributed by atoms with Crippen LogP contribution in [0.4, 0.5) is 14.5 Å². The molecule has 0 fully saturated rings. The number of esters is 1. The van der Waals surface area contributed by atoms with E-state index in [0.29, 0.717) is 11.3 Å². The van der Waals surface area contributed by atoms with Crippen molar-refractivity contribution in [3.63, 3.8) is 0 Å². The normalized spacial score (nSPS) is 10.1. The van der Waals surface area contributed by atoms with Crippen LogP contribution in [0.3, 0.4) is 0 Å². The topological polar surface area (TPSA) is 55.4 Å². The minimum atomic E-state index is -0.944. The fourth-order valence-corrected chi connectivity index (χ4v) is 1.81. The van der Waals surface area contributed by atoms with Crippen LogP contribution in [0.25, 0.3) is 0 Å². The summed E-state index contributed by atoms with van der Waals surface area (Å²) in [5.41, 5.74) is -0.0328. The summed E-state index contributed by atoms with van der Waals surface area (Å²) in [5.74, 6) is -3.28. The van der Waals surface area contributed by atoms with Gasteiger partial charge in [-0.15, -0.1) is 0 Å². The third-order valence-corrected chi connectivity index (χ3v) is 2.84. The van der Waals surface area contributed by atoms with Crippen molar-refractivity contribution >= 4 is 17.6 Å². The molecule has 0 spiro atoms. The minimum Gasteiger partial charge on any atom is -0.462 e. The molecule has 0 unspecified atom stereocenters. The van der Waals surface area contributed by atoms with Crippen LogP contribution in [0.5, 0.6) is 0 Å². The van der Waals surface area contributed by atoms with Gasteiger partial charge in [0.15, 0.2) is 0 Å². The number of amides is 1. The molecule has 1 amide bonds. The summed E-state index contributed by atoms with van der Waals surface area (Å²) < 4.78 is 31.8. The Morgan fingerprint density at radius 3 is 2.18 bits per heavy atom. The van der Waals surface area contributed by atoms with Crippen molar-refractivity contribution in [3.05, 3.63) is 65.2 Å². The Labute approximate surface area is 125 Å². The second kappa shape index (κ2) is 6.80. The maximum atomic E-state index is 13.5. The molecule has 0 saturated carbocycles. The van der Waals surface area contributed by atoms with E-state index in [9.17, 15) is 18.4 Å². The molecular weight excluding hydrogens is 292 g/mol. The number of halogens is 2. The molecule has 4 nitrogen and oxygen atoms in total. The highest BCUT2D eigenvalue weighted by atomic mass is 19.1. The van der Waals surface area contributed by atoms with Gasteiger partial charge >= 0.3 is 5.97 Å². The molecule has 0 heterocycles. The number of hydrogen-bond donors (Lipinski definition) is 1. The second-order valence-corrected chi connectivity index (χ2v) is 4.35. The molecule has 0 atom stereocenters. The summed E-state index contributed by atoms with van der Waals surface area (Å²) in [6.45, 7) is 1.94. The van der Waals surface area contributed by atoms with Crippen molar-refractivity contribution in [2.24, 2.45) is 0 Å². The van der Waals surface area contributed by atoms with Gasteiger partial charge in [0.05, 0.1) is 12.2 Å². The summed E-state index contributed by atoms with van der Waals surface area (Å²) >= 11 is 0. The number of carbonyl (C=O) groups excluding carboxylic acids is 2. The molecule has 0 bridgehead atoms. The molecule has 6 heteroatoms. The molecule has 0 aromatic heterocycles. The summed E-state index contributed by atoms with van der Waals surface area (Å²) in [6.07, 6.45) is 0. The molecule has 22 heavy (non-hydrogen) atoms. The molecule has 1 N–H and O–H groups in total. The number of hydrogen-bond acceptors (Lipinski definition) is 3. The maximum Gasteiger partial charge on any atom is 0.338 e. The van der Waals surface area contributed by atoms with Crippen molar-refractivity contribution in [1.29, 1.82) is 0 Å². The van der Waals surface area contributed by atoms with E-state index in [2.05, 4.69) is 5.32 Å². The number of benzene rings is 2. The largest absolute Gasteiger partial charge is 0.462 e. The molecule has 0 radical (unpaired) electrons. The highest BCUT2D eigenvalue weighted by molar-refractivity contribution is 6.04. The predicted molar refractivity (Wildman–Crippen MR) is 76.7 cm³/mol. The van der Waals surface area contributed by atoms with Crippen molar-refractivity contribution < 1.29 is 23.1 Å². The van der Waals surface area contributed by atoms with Gasteiger partial charge in [-0.2, -0.15) is 0 Å². The van der Waals surface area contributed by atoms with Crippen LogP contribution in [0, 0.1) is 11.6 Å². The van der Waals surface area contributed by atoms with Crippen LogP contribution in [0.2, 0.25) is 0 Å². The Morgan fingerprint density at radius 2 is 1.64 bits per heavy atom. The lowest BCUT2D eigenvalue weighted by atomic mass is 10.1. The van der Waals surface area contributed by atoms with Gasteiger partial charge in [0, 0.05) is 5.69 Å². The van der Waals surface area contributed by atoms with Crippen LogP contribution < -0.4 is 5.32 Å². The monoisotopic (exact) mass is 305 g/mol. The quantitative estimate of drug-likeness (QED) is 0.881. The van der Waals surface area contributed by atoms with Gasteiger partial charge in [0.2, 0.25) is 0 Å². The first-order chi connectivity index (χ1) is 10.5. The first-order valence-corrected chi connectivity index (χ1v) is 6.55. The summed E-state index contributed by atoms with van der Waals surface area (Å²) in [7, 11) is 0. The molecule has 0 aliphatic carbocycles. The Kier molecular flexibility index (Phi) is 4.83. The summed E-state index contributed by atoms with van der Waals surface area (Å²) in [5, 5.41) is 2.37. The lowest BCUT2D eigenvalue weighted by molar-refractivity contribution is 0.0526. The average Bonchev–Trinajstić information content (AvgIpc) is 2.48. The zero-order chi connectivity index (χ0) is 16.1. The van der Waals surface area contributed by atoms with Gasteiger partial charge in [-0.25, -0.2) is 13.6 Å². The van der Waals surface area contributed by atoms with Gasteiger partial charge in [-0.3, -0.25) is 4.79 Å². The van der Waals surface area contributed by atoms with Gasteiger partial charge in [-0.1, -0.05) is 6.07 Å². The van der Waals surface area contributed by atoms with E-state index in [1.54, 1.807) is 6.92 Å². The van der Waals surface area contributed by atoms with Crippen molar-refractivity contribution in [1.82, 2.24) is 0 Å². The Hall–Kier alpha value is -2.76. The highest BCUT2D eigenvalue weighted by Gasteiger charge is 2.17. The molecule has 0 aliphatic heterocycles. The van der Waals surface area contributed by atoms with E-state index in [-0.39, 0.29) is 6.61 Å². The number of nitrogens with one attached hydrogen (secondary N) is 1. The van der Waals surface area contributed by atoms with E-state index in [1.165, 1.54) is 30.3 Å². The molecule has 2 aromatic rings. The second-order valence-electron chi connectivity index (χ2n) is 4.35. The zero-order valence-corrected chi connectivity index (χ0v) is 11.7. The standard InChI is InChI=1S/C16H13F2NO3/c1-2-22-16(21)10-6-8-11(9-7-10)19-15(20)14-12(17)4-3-5-13(14)18/h3-9H,2H2,1H3,(H,19,20). The Balaban J connectivity index is 2.14. The van der Waals surface area contributed by atoms with Gasteiger partial charge in [0.1, 0.15) is 17.2 Å². The van der Waals surface area contributed by atoms with Crippen LogP contribution >= 0.6 is 0 Å². The Morgan fingerprint density at radius 1 is 1.05 bits per heavy atom. The number of rotatable bonds is 4. The molecule has 2 aromatic carbocycles. The maximum absolute atomic E-state index is 13.5. The predicted octanol–water partition coefficient (Wildman–Crippen LogP) is 3.39. The third kappa shape index (κ3) is 3.46. The first kappa shape index (κ1) is 15.6. The van der Waals surface area contributed by atoms with E-state index in [0.717, 1.165) is 12.1 Å². The molecule has 114 valence electrons. The molecule has 2 rings (SSSR count). The van der Waals surface area contributed by atoms with E-state index in [1.807, 2.05) is 0 Å². The van der Waals surface area contributed by atoms with E-state index in [4.69, 9.17) is 4.74 Å². The lowest BCUT2D eigenvalue weighted by Crippen LogP contribution is -2.16. The zero-order valence-electron chi connectivity index (χ0n) is 11.7. The van der Waals surface area contributed by atoms with E-state index >= 15 is 0 Å². The number of ether oxygens (including phenoxy) is 1. The fraction of sp³-hybridized carbons (Fsp3) is 0.125. The Bertz CT molecular complexity index is 679. The summed E-state index contributed by atoms with van der Waals surface area (Å²) in [4.78, 5) is 23.4. The smallest absolute Gasteiger partial charge is 0.338 e. The van der Waals surface area contributed by atoms with Gasteiger partial charge in [0.25, 0.3) is 5.91 Å². The van der Waals surface area contributed by atoms with Crippen molar-refractivity contribution in [2.75, 3.05) is 11.9 Å². The minimum absolute atomic E-state index is 0.254. The number of anilines is 1. The van der Waals surface area contributed by atoms with E-state index < -0.39 is 29.1 Å². The van der Waals surface area contributed by atoms with Crippen LogP contribution in [0.15, 0.2) is 42.5 Å². The first-order valence-electron chi connectivity index (χ1n) is 6.55. The molecule has 0 saturated heterocycles. The third-order valence-electron chi connectivity index (χ3n) is 2.84. The van der Waals surface area contributed by atoms with Gasteiger partial charge < -0.3 is 10.1 Å². The molecule has 0 aliphatic rings. The van der Waals surface area contributed by atoms with Crippen molar-refractivity contribution in [3.8, 4) is 0 Å². The average molecular weight is 305 g/mol. The SMILES string of the molecule is CCOC(=O)c1ccc(NC(=O)c2c(F)cccc2F)cc1. The summed E-state index contributed by atoms with van der Waals surface area (Å²) in [6, 6.07) is 8.97. The van der Waals surface area contributed by atoms with Crippen LogP contribution in [-0.4, -0.2) is 18.5 Å².